The van der Waals surface area contributed by atoms with Gasteiger partial charge in [0.15, 0.2) is 0 Å². The van der Waals surface area contributed by atoms with Crippen LogP contribution in [0.2, 0.25) is 0 Å². The van der Waals surface area contributed by atoms with E-state index in [0.29, 0.717) is 38.3 Å². The van der Waals surface area contributed by atoms with Crippen LogP contribution in [0.1, 0.15) is 47.8 Å². The molecule has 2 aromatic rings. The minimum absolute atomic E-state index is 0.180. The quantitative estimate of drug-likeness (QED) is 0.784. The highest BCUT2D eigenvalue weighted by Crippen LogP contribution is 2.40. The van der Waals surface area contributed by atoms with Crippen molar-refractivity contribution < 1.29 is 22.7 Å². The van der Waals surface area contributed by atoms with Crippen LogP contribution in [-0.4, -0.2) is 50.5 Å². The number of hydrogen-bond donors (Lipinski definition) is 1. The molecule has 0 spiro atoms. The topological polar surface area (TPSA) is 84.9 Å². The van der Waals surface area contributed by atoms with Gasteiger partial charge < -0.3 is 14.8 Å². The minimum atomic E-state index is -3.59. The Bertz CT molecular complexity index is 1070. The molecule has 0 saturated carbocycles. The van der Waals surface area contributed by atoms with Crippen molar-refractivity contribution in [2.75, 3.05) is 26.3 Å². The Morgan fingerprint density at radius 3 is 2.45 bits per heavy atom. The Hall–Kier alpha value is -2.42. The van der Waals surface area contributed by atoms with Crippen LogP contribution in [-0.2, 0) is 14.8 Å². The predicted octanol–water partition coefficient (Wildman–Crippen LogP) is 3.05. The van der Waals surface area contributed by atoms with Gasteiger partial charge in [-0.05, 0) is 51.1 Å². The molecule has 4 rings (SSSR count). The lowest BCUT2D eigenvalue weighted by Gasteiger charge is -2.38. The van der Waals surface area contributed by atoms with Gasteiger partial charge >= 0.3 is 0 Å². The van der Waals surface area contributed by atoms with Gasteiger partial charge in [-0.15, -0.1) is 0 Å². The number of morpholine rings is 1. The van der Waals surface area contributed by atoms with Crippen molar-refractivity contribution in [3.8, 4) is 5.75 Å². The average molecular weight is 445 g/mol. The van der Waals surface area contributed by atoms with Crippen molar-refractivity contribution in [1.82, 2.24) is 9.62 Å². The van der Waals surface area contributed by atoms with Crippen LogP contribution < -0.4 is 10.1 Å². The van der Waals surface area contributed by atoms with E-state index in [-0.39, 0.29) is 16.8 Å². The van der Waals surface area contributed by atoms with Crippen LogP contribution in [0.5, 0.6) is 5.75 Å². The van der Waals surface area contributed by atoms with Crippen LogP contribution >= 0.6 is 0 Å². The van der Waals surface area contributed by atoms with E-state index >= 15 is 0 Å². The second-order valence-corrected chi connectivity index (χ2v) is 10.6. The van der Waals surface area contributed by atoms with Crippen LogP contribution in [0.15, 0.2) is 47.4 Å². The summed E-state index contributed by atoms with van der Waals surface area (Å²) in [5, 5.41) is 3.10. The number of aryl methyl sites for hydroxylation is 1. The monoisotopic (exact) mass is 444 g/mol. The summed E-state index contributed by atoms with van der Waals surface area (Å²) in [4.78, 5) is 13.1. The fourth-order valence-corrected chi connectivity index (χ4v) is 5.47. The highest BCUT2D eigenvalue weighted by atomic mass is 32.2. The van der Waals surface area contributed by atoms with Gasteiger partial charge in [0.1, 0.15) is 11.4 Å². The molecule has 1 atom stereocenters. The lowest BCUT2D eigenvalue weighted by Crippen LogP contribution is -2.41. The molecule has 2 aromatic carbocycles. The fourth-order valence-electron chi connectivity index (χ4n) is 4.06. The zero-order valence-electron chi connectivity index (χ0n) is 18.1. The van der Waals surface area contributed by atoms with E-state index in [9.17, 15) is 13.2 Å². The third-order valence-corrected chi connectivity index (χ3v) is 7.57. The maximum Gasteiger partial charge on any atom is 0.251 e. The normalized spacial score (nSPS) is 21.1. The van der Waals surface area contributed by atoms with E-state index in [4.69, 9.17) is 9.47 Å². The highest BCUT2D eigenvalue weighted by Gasteiger charge is 2.35. The van der Waals surface area contributed by atoms with Crippen LogP contribution in [0.4, 0.5) is 0 Å². The molecule has 0 aromatic heterocycles. The number of carbonyl (C=O) groups excluding carboxylic acids is 1. The van der Waals surface area contributed by atoms with Crippen molar-refractivity contribution in [2.45, 2.75) is 43.7 Å². The van der Waals surface area contributed by atoms with E-state index in [1.54, 1.807) is 12.1 Å². The second-order valence-electron chi connectivity index (χ2n) is 8.67. The molecule has 1 N–H and O–H groups in total. The van der Waals surface area contributed by atoms with Crippen molar-refractivity contribution >= 4 is 15.9 Å². The van der Waals surface area contributed by atoms with Gasteiger partial charge in [0, 0.05) is 30.6 Å². The predicted molar refractivity (Wildman–Crippen MR) is 117 cm³/mol. The highest BCUT2D eigenvalue weighted by molar-refractivity contribution is 7.89. The number of benzene rings is 2. The van der Waals surface area contributed by atoms with Gasteiger partial charge in [0.2, 0.25) is 10.0 Å². The summed E-state index contributed by atoms with van der Waals surface area (Å²) < 4.78 is 38.3. The van der Waals surface area contributed by atoms with Crippen molar-refractivity contribution in [3.05, 3.63) is 59.2 Å². The molecule has 2 heterocycles. The van der Waals surface area contributed by atoms with E-state index in [1.165, 1.54) is 16.4 Å². The Labute approximate surface area is 183 Å². The second kappa shape index (κ2) is 8.26. The third kappa shape index (κ3) is 4.61. The zero-order chi connectivity index (χ0) is 22.2. The van der Waals surface area contributed by atoms with Crippen LogP contribution in [0.25, 0.3) is 0 Å². The molecule has 0 aliphatic carbocycles. The maximum atomic E-state index is 13.0. The molecule has 1 fully saturated rings. The summed E-state index contributed by atoms with van der Waals surface area (Å²) in [5.41, 5.74) is 2.06. The fraction of sp³-hybridized carbons (Fsp3) is 0.435. The first-order chi connectivity index (χ1) is 14.7. The maximum absolute atomic E-state index is 13.0. The first-order valence-corrected chi connectivity index (χ1v) is 11.9. The zero-order valence-corrected chi connectivity index (χ0v) is 18.9. The molecule has 31 heavy (non-hydrogen) atoms. The Morgan fingerprint density at radius 2 is 1.77 bits per heavy atom. The molecule has 1 amide bonds. The molecule has 0 radical (unpaired) electrons. The van der Waals surface area contributed by atoms with E-state index in [0.717, 1.165) is 16.9 Å². The molecule has 8 heteroatoms. The number of ether oxygens (including phenoxy) is 2. The lowest BCUT2D eigenvalue weighted by molar-refractivity contribution is 0.0619. The number of fused-ring (bicyclic) bond motifs is 1. The van der Waals surface area contributed by atoms with Crippen LogP contribution in [0.3, 0.4) is 0 Å². The Kier molecular flexibility index (Phi) is 5.81. The Morgan fingerprint density at radius 1 is 1.10 bits per heavy atom. The summed E-state index contributed by atoms with van der Waals surface area (Å²) in [7, 11) is -3.59. The van der Waals surface area contributed by atoms with Crippen LogP contribution in [0, 0.1) is 6.92 Å². The largest absolute Gasteiger partial charge is 0.487 e. The summed E-state index contributed by atoms with van der Waals surface area (Å²) in [6.07, 6.45) is 0.638. The molecular formula is C23H28N2O5S. The first kappa shape index (κ1) is 21.8. The SMILES string of the molecule is Cc1ccc2c(c1)[C@@H](NC(=O)c1ccc(S(=O)(=O)N3CCOCC3)cc1)CC(C)(C)O2. The third-order valence-electron chi connectivity index (χ3n) is 5.65. The van der Waals surface area contributed by atoms with E-state index in [1.807, 2.05) is 39.0 Å². The lowest BCUT2D eigenvalue weighted by atomic mass is 9.88. The molecule has 2 aliphatic heterocycles. The smallest absolute Gasteiger partial charge is 0.251 e. The molecule has 1 saturated heterocycles. The van der Waals surface area contributed by atoms with E-state index < -0.39 is 15.6 Å². The van der Waals surface area contributed by atoms with Gasteiger partial charge in [-0.3, -0.25) is 4.79 Å². The van der Waals surface area contributed by atoms with Gasteiger partial charge in [-0.2, -0.15) is 4.31 Å². The number of amides is 1. The number of nitrogens with zero attached hydrogens (tertiary/aromatic N) is 1. The van der Waals surface area contributed by atoms with Crippen molar-refractivity contribution in [2.24, 2.45) is 0 Å². The number of rotatable bonds is 4. The van der Waals surface area contributed by atoms with Gasteiger partial charge in [-0.25, -0.2) is 8.42 Å². The Balaban J connectivity index is 1.52. The standard InChI is InChI=1S/C23H28N2O5S/c1-16-4-9-21-19(14-16)20(15-23(2,3)30-21)24-22(26)17-5-7-18(8-6-17)31(27,28)25-10-12-29-13-11-25/h4-9,14,20H,10-13,15H2,1-3H3,(H,24,26)/t20-/m0/s1. The molecule has 0 unspecified atom stereocenters. The van der Waals surface area contributed by atoms with Gasteiger partial charge in [-0.1, -0.05) is 17.7 Å². The molecule has 2 aliphatic rings. The number of sulfonamides is 1. The van der Waals surface area contributed by atoms with Crippen molar-refractivity contribution in [1.29, 1.82) is 0 Å². The molecule has 166 valence electrons. The summed E-state index contributed by atoms with van der Waals surface area (Å²) in [6.45, 7) is 7.46. The number of hydrogen-bond acceptors (Lipinski definition) is 5. The number of nitrogens with one attached hydrogen (secondary N) is 1. The number of carbonyl (C=O) groups is 1. The molecular weight excluding hydrogens is 416 g/mol. The minimum Gasteiger partial charge on any atom is -0.487 e. The first-order valence-electron chi connectivity index (χ1n) is 10.4. The van der Waals surface area contributed by atoms with Gasteiger partial charge in [0.05, 0.1) is 24.2 Å². The summed E-state index contributed by atoms with van der Waals surface area (Å²) >= 11 is 0. The van der Waals surface area contributed by atoms with Gasteiger partial charge in [0.25, 0.3) is 5.91 Å². The van der Waals surface area contributed by atoms with Crippen molar-refractivity contribution in [3.63, 3.8) is 0 Å². The van der Waals surface area contributed by atoms with E-state index in [2.05, 4.69) is 5.32 Å². The molecule has 7 nitrogen and oxygen atoms in total. The summed E-state index contributed by atoms with van der Waals surface area (Å²) in [6, 6.07) is 11.9. The average Bonchev–Trinajstić information content (AvgIpc) is 2.74. The molecule has 0 bridgehead atoms. The summed E-state index contributed by atoms with van der Waals surface area (Å²) in [5.74, 6) is 0.532.